The number of aryl methyl sites for hydroxylation is 2. The van der Waals surface area contributed by atoms with E-state index in [1.165, 1.54) is 12.0 Å². The molecule has 0 spiro atoms. The zero-order valence-electron chi connectivity index (χ0n) is 8.55. The second kappa shape index (κ2) is 6.89. The Balaban J connectivity index is 0.000000354. The van der Waals surface area contributed by atoms with Gasteiger partial charge in [0, 0.05) is 5.56 Å². The van der Waals surface area contributed by atoms with Gasteiger partial charge in [-0.1, -0.05) is 39.3 Å². The van der Waals surface area contributed by atoms with Crippen LogP contribution in [0.5, 0.6) is 0 Å². The molecule has 0 bridgehead atoms. The second-order valence-electron chi connectivity index (χ2n) is 2.70. The van der Waals surface area contributed by atoms with Crippen molar-refractivity contribution in [1.29, 1.82) is 0 Å². The largest absolute Gasteiger partial charge is 0.364 e. The lowest BCUT2D eigenvalue weighted by Gasteiger charge is -1.88. The van der Waals surface area contributed by atoms with Gasteiger partial charge in [0.1, 0.15) is 6.26 Å². The molecule has 2 heteroatoms. The van der Waals surface area contributed by atoms with Gasteiger partial charge in [0.05, 0.1) is 5.69 Å². The third kappa shape index (κ3) is 3.56. The van der Waals surface area contributed by atoms with Gasteiger partial charge in [-0.2, -0.15) is 0 Å². The van der Waals surface area contributed by atoms with E-state index in [9.17, 15) is 0 Å². The van der Waals surface area contributed by atoms with E-state index in [4.69, 9.17) is 4.52 Å². The molecule has 0 saturated carbocycles. The Bertz CT molecular complexity index is 175. The maximum Gasteiger partial charge on any atom is 0.127 e. The van der Waals surface area contributed by atoms with E-state index < -0.39 is 0 Å². The normalized spacial score (nSPS) is 9.00. The highest BCUT2D eigenvalue weighted by Crippen LogP contribution is 2.06. The van der Waals surface area contributed by atoms with E-state index in [2.05, 4.69) is 32.9 Å². The maximum absolute atomic E-state index is 4.78. The van der Waals surface area contributed by atoms with Gasteiger partial charge in [0.15, 0.2) is 0 Å². The average Bonchev–Trinajstić information content (AvgIpc) is 2.52. The van der Waals surface area contributed by atoms with Crippen LogP contribution in [0.3, 0.4) is 0 Å². The molecule has 0 atom stereocenters. The van der Waals surface area contributed by atoms with Crippen molar-refractivity contribution in [2.24, 2.45) is 0 Å². The van der Waals surface area contributed by atoms with Gasteiger partial charge >= 0.3 is 0 Å². The predicted molar refractivity (Wildman–Crippen MR) is 51.2 cm³/mol. The highest BCUT2D eigenvalue weighted by molar-refractivity contribution is 5.13. The Hall–Kier alpha value is -0.790. The Kier molecular flexibility index (Phi) is 6.44. The smallest absolute Gasteiger partial charge is 0.127 e. The standard InChI is InChI=1S/C7H11NO.C3H8/c1-3-6-5-9-8-7(6)4-2;1-3-2/h5H,3-4H2,1-2H3;3H2,1-2H3. The number of hydrogen-bond donors (Lipinski definition) is 0. The minimum absolute atomic E-state index is 0.972. The molecule has 1 aromatic heterocycles. The fraction of sp³-hybridized carbons (Fsp3) is 0.700. The van der Waals surface area contributed by atoms with Crippen molar-refractivity contribution in [3.8, 4) is 0 Å². The second-order valence-corrected chi connectivity index (χ2v) is 2.70. The molecular weight excluding hydrogens is 150 g/mol. The molecule has 0 radical (unpaired) electrons. The maximum atomic E-state index is 4.78. The topological polar surface area (TPSA) is 26.0 Å². The summed E-state index contributed by atoms with van der Waals surface area (Å²) in [5.41, 5.74) is 2.33. The highest BCUT2D eigenvalue weighted by atomic mass is 16.5. The molecule has 0 saturated heterocycles. The summed E-state index contributed by atoms with van der Waals surface area (Å²) in [5.74, 6) is 0. The van der Waals surface area contributed by atoms with Crippen molar-refractivity contribution >= 4 is 0 Å². The van der Waals surface area contributed by atoms with Crippen LogP contribution in [0.15, 0.2) is 10.8 Å². The summed E-state index contributed by atoms with van der Waals surface area (Å²) < 4.78 is 4.78. The lowest BCUT2D eigenvalue weighted by molar-refractivity contribution is 0.412. The van der Waals surface area contributed by atoms with E-state index in [0.717, 1.165) is 18.5 Å². The Morgan fingerprint density at radius 1 is 1.17 bits per heavy atom. The number of nitrogens with zero attached hydrogens (tertiary/aromatic N) is 1. The summed E-state index contributed by atoms with van der Waals surface area (Å²) in [6.07, 6.45) is 4.96. The van der Waals surface area contributed by atoms with Crippen molar-refractivity contribution in [2.45, 2.75) is 47.0 Å². The van der Waals surface area contributed by atoms with E-state index in [-0.39, 0.29) is 0 Å². The van der Waals surface area contributed by atoms with E-state index in [0.29, 0.717) is 0 Å². The van der Waals surface area contributed by atoms with Crippen LogP contribution < -0.4 is 0 Å². The molecule has 0 amide bonds. The van der Waals surface area contributed by atoms with E-state index in [1.807, 2.05) is 0 Å². The molecule has 0 fully saturated rings. The molecular formula is C10H19NO. The molecule has 1 heterocycles. The van der Waals surface area contributed by atoms with Crippen molar-refractivity contribution in [1.82, 2.24) is 5.16 Å². The Morgan fingerprint density at radius 3 is 2.08 bits per heavy atom. The molecule has 0 aliphatic carbocycles. The zero-order valence-corrected chi connectivity index (χ0v) is 8.55. The van der Waals surface area contributed by atoms with Crippen molar-refractivity contribution in [3.63, 3.8) is 0 Å². The van der Waals surface area contributed by atoms with Gasteiger partial charge in [-0.15, -0.1) is 0 Å². The first-order valence-electron chi connectivity index (χ1n) is 4.72. The fourth-order valence-electron chi connectivity index (χ4n) is 0.859. The van der Waals surface area contributed by atoms with Crippen molar-refractivity contribution in [2.75, 3.05) is 0 Å². The highest BCUT2D eigenvalue weighted by Gasteiger charge is 2.00. The number of aromatic nitrogens is 1. The molecule has 1 rings (SSSR count). The molecule has 70 valence electrons. The molecule has 2 nitrogen and oxygen atoms in total. The zero-order chi connectivity index (χ0) is 9.40. The first kappa shape index (κ1) is 11.2. The molecule has 0 N–H and O–H groups in total. The van der Waals surface area contributed by atoms with Crippen LogP contribution in [0.2, 0.25) is 0 Å². The average molecular weight is 169 g/mol. The SMILES string of the molecule is CCC.CCc1conc1CC. The van der Waals surface area contributed by atoms with Gasteiger partial charge < -0.3 is 4.52 Å². The van der Waals surface area contributed by atoms with Crippen LogP contribution in [0.4, 0.5) is 0 Å². The fourth-order valence-corrected chi connectivity index (χ4v) is 0.859. The van der Waals surface area contributed by atoms with E-state index >= 15 is 0 Å². The van der Waals surface area contributed by atoms with Gasteiger partial charge in [-0.05, 0) is 12.8 Å². The lowest BCUT2D eigenvalue weighted by atomic mass is 10.2. The third-order valence-corrected chi connectivity index (χ3v) is 1.44. The van der Waals surface area contributed by atoms with Crippen molar-refractivity contribution in [3.05, 3.63) is 17.5 Å². The monoisotopic (exact) mass is 169 g/mol. The van der Waals surface area contributed by atoms with Crippen LogP contribution in [-0.4, -0.2) is 5.16 Å². The minimum Gasteiger partial charge on any atom is -0.364 e. The molecule has 0 unspecified atom stereocenters. The van der Waals surface area contributed by atoms with Crippen LogP contribution in [0.1, 0.15) is 45.4 Å². The van der Waals surface area contributed by atoms with Crippen LogP contribution in [0.25, 0.3) is 0 Å². The number of hydrogen-bond acceptors (Lipinski definition) is 2. The van der Waals surface area contributed by atoms with Gasteiger partial charge in [0.25, 0.3) is 0 Å². The molecule has 0 aliphatic rings. The summed E-state index contributed by atoms with van der Waals surface area (Å²) >= 11 is 0. The van der Waals surface area contributed by atoms with Crippen LogP contribution in [-0.2, 0) is 12.8 Å². The Labute approximate surface area is 75.0 Å². The lowest BCUT2D eigenvalue weighted by Crippen LogP contribution is -1.85. The van der Waals surface area contributed by atoms with Gasteiger partial charge in [0.2, 0.25) is 0 Å². The first-order chi connectivity index (χ1) is 5.79. The van der Waals surface area contributed by atoms with Gasteiger partial charge in [-0.3, -0.25) is 0 Å². The van der Waals surface area contributed by atoms with Crippen LogP contribution >= 0.6 is 0 Å². The Morgan fingerprint density at radius 2 is 1.75 bits per heavy atom. The quantitative estimate of drug-likeness (QED) is 0.679. The number of rotatable bonds is 2. The van der Waals surface area contributed by atoms with Crippen molar-refractivity contribution < 1.29 is 4.52 Å². The third-order valence-electron chi connectivity index (χ3n) is 1.44. The molecule has 12 heavy (non-hydrogen) atoms. The first-order valence-corrected chi connectivity index (χ1v) is 4.72. The molecule has 0 aromatic carbocycles. The van der Waals surface area contributed by atoms with Gasteiger partial charge in [-0.25, -0.2) is 0 Å². The van der Waals surface area contributed by atoms with E-state index in [1.54, 1.807) is 6.26 Å². The summed E-state index contributed by atoms with van der Waals surface area (Å²) in [7, 11) is 0. The minimum atomic E-state index is 0.972. The summed E-state index contributed by atoms with van der Waals surface area (Å²) in [6, 6.07) is 0. The van der Waals surface area contributed by atoms with Crippen LogP contribution in [0, 0.1) is 0 Å². The predicted octanol–water partition coefficient (Wildman–Crippen LogP) is 3.22. The summed E-state index contributed by atoms with van der Waals surface area (Å²) in [5, 5.41) is 3.83. The summed E-state index contributed by atoms with van der Waals surface area (Å²) in [6.45, 7) is 8.43. The molecule has 1 aromatic rings. The molecule has 0 aliphatic heterocycles. The summed E-state index contributed by atoms with van der Waals surface area (Å²) in [4.78, 5) is 0.